The molecule has 1 saturated carbocycles. The second-order valence-corrected chi connectivity index (χ2v) is 8.82. The Bertz CT molecular complexity index is 779. The van der Waals surface area contributed by atoms with Crippen LogP contribution < -0.4 is 16.4 Å². The average Bonchev–Trinajstić information content (AvgIpc) is 2.77. The Morgan fingerprint density at radius 1 is 1.16 bits per heavy atom. The molecule has 8 heteroatoms. The van der Waals surface area contributed by atoms with Gasteiger partial charge in [0.1, 0.15) is 0 Å². The van der Waals surface area contributed by atoms with E-state index in [1.807, 2.05) is 24.3 Å². The number of halogens is 1. The van der Waals surface area contributed by atoms with Gasteiger partial charge in [0, 0.05) is 37.7 Å². The minimum atomic E-state index is -0.235. The van der Waals surface area contributed by atoms with Crippen LogP contribution >= 0.6 is 24.0 Å². The number of likely N-dealkylation sites (tertiary alicyclic amines) is 1. The molecule has 1 aliphatic carbocycles. The third kappa shape index (κ3) is 8.26. The highest BCUT2D eigenvalue weighted by Crippen LogP contribution is 2.25. The van der Waals surface area contributed by atoms with Crippen LogP contribution in [0.1, 0.15) is 63.9 Å². The zero-order valence-electron chi connectivity index (χ0n) is 19.1. The third-order valence-corrected chi connectivity index (χ3v) is 6.23. The van der Waals surface area contributed by atoms with Crippen molar-refractivity contribution in [3.05, 3.63) is 29.8 Å². The summed E-state index contributed by atoms with van der Waals surface area (Å²) in [5, 5.41) is 6.47. The minimum absolute atomic E-state index is 0. The Labute approximate surface area is 209 Å². The van der Waals surface area contributed by atoms with Crippen molar-refractivity contribution in [2.24, 2.45) is 22.6 Å². The van der Waals surface area contributed by atoms with Crippen LogP contribution in [-0.2, 0) is 16.1 Å². The second-order valence-electron chi connectivity index (χ2n) is 8.82. The lowest BCUT2D eigenvalue weighted by Crippen LogP contribution is -2.47. The SMILES string of the molecule is CCNC(=NCc1cccc(NC(=O)C2CCCCC2)c1)N1CCCC(CC(N)=O)C1.I. The zero-order chi connectivity index (χ0) is 22.1. The van der Waals surface area contributed by atoms with Crippen molar-refractivity contribution >= 4 is 47.4 Å². The summed E-state index contributed by atoms with van der Waals surface area (Å²) < 4.78 is 0. The number of anilines is 1. The summed E-state index contributed by atoms with van der Waals surface area (Å²) in [4.78, 5) is 30.9. The topological polar surface area (TPSA) is 99.8 Å². The Morgan fingerprint density at radius 2 is 1.94 bits per heavy atom. The predicted octanol–water partition coefficient (Wildman–Crippen LogP) is 3.88. The van der Waals surface area contributed by atoms with E-state index < -0.39 is 0 Å². The van der Waals surface area contributed by atoms with E-state index in [1.54, 1.807) is 0 Å². The molecule has 1 saturated heterocycles. The van der Waals surface area contributed by atoms with Crippen molar-refractivity contribution in [2.75, 3.05) is 25.0 Å². The first-order valence-electron chi connectivity index (χ1n) is 11.8. The number of hydrogen-bond donors (Lipinski definition) is 3. The molecule has 1 aromatic carbocycles. The van der Waals surface area contributed by atoms with Gasteiger partial charge in [-0.15, -0.1) is 24.0 Å². The lowest BCUT2D eigenvalue weighted by molar-refractivity contribution is -0.121. The summed E-state index contributed by atoms with van der Waals surface area (Å²) in [5.41, 5.74) is 7.30. The number of hydrogen-bond acceptors (Lipinski definition) is 3. The maximum absolute atomic E-state index is 12.6. The molecule has 2 fully saturated rings. The molecule has 3 rings (SSSR count). The fourth-order valence-corrected chi connectivity index (χ4v) is 4.66. The summed E-state index contributed by atoms with van der Waals surface area (Å²) >= 11 is 0. The predicted molar refractivity (Wildman–Crippen MR) is 140 cm³/mol. The fraction of sp³-hybridized carbons (Fsp3) is 0.625. The van der Waals surface area contributed by atoms with Gasteiger partial charge in [-0.25, -0.2) is 4.99 Å². The molecule has 7 nitrogen and oxygen atoms in total. The third-order valence-electron chi connectivity index (χ3n) is 6.23. The molecule has 4 N–H and O–H groups in total. The number of nitrogens with zero attached hydrogens (tertiary/aromatic N) is 2. The van der Waals surface area contributed by atoms with Crippen LogP contribution in [0, 0.1) is 11.8 Å². The summed E-state index contributed by atoms with van der Waals surface area (Å²) in [6.07, 6.45) is 8.02. The van der Waals surface area contributed by atoms with E-state index in [-0.39, 0.29) is 47.6 Å². The van der Waals surface area contributed by atoms with E-state index in [0.29, 0.717) is 13.0 Å². The molecule has 0 aromatic heterocycles. The van der Waals surface area contributed by atoms with Crippen LogP contribution in [-0.4, -0.2) is 42.3 Å². The van der Waals surface area contributed by atoms with Crippen molar-refractivity contribution in [3.8, 4) is 0 Å². The average molecular weight is 556 g/mol. The number of rotatable bonds is 7. The minimum Gasteiger partial charge on any atom is -0.370 e. The molecule has 32 heavy (non-hydrogen) atoms. The lowest BCUT2D eigenvalue weighted by Gasteiger charge is -2.34. The maximum Gasteiger partial charge on any atom is 0.227 e. The fourth-order valence-electron chi connectivity index (χ4n) is 4.66. The molecule has 1 atom stereocenters. The van der Waals surface area contributed by atoms with Gasteiger partial charge in [0.25, 0.3) is 0 Å². The Morgan fingerprint density at radius 3 is 2.66 bits per heavy atom. The summed E-state index contributed by atoms with van der Waals surface area (Å²) in [6, 6.07) is 7.96. The number of guanidine groups is 1. The smallest absolute Gasteiger partial charge is 0.227 e. The van der Waals surface area contributed by atoms with Crippen LogP contribution in [0.3, 0.4) is 0 Å². The number of carbonyl (C=O) groups is 2. The van der Waals surface area contributed by atoms with Crippen molar-refractivity contribution < 1.29 is 9.59 Å². The van der Waals surface area contributed by atoms with Gasteiger partial charge in [-0.05, 0) is 56.2 Å². The van der Waals surface area contributed by atoms with Crippen LogP contribution in [0.2, 0.25) is 0 Å². The van der Waals surface area contributed by atoms with Gasteiger partial charge in [0.15, 0.2) is 5.96 Å². The lowest BCUT2D eigenvalue weighted by atomic mass is 9.88. The molecule has 1 aromatic rings. The number of aliphatic imine (C=N–C) groups is 1. The van der Waals surface area contributed by atoms with E-state index in [1.165, 1.54) is 6.42 Å². The first kappa shape index (κ1) is 26.4. The first-order chi connectivity index (χ1) is 15.0. The normalized spacial score (nSPS) is 19.7. The molecule has 2 aliphatic rings. The van der Waals surface area contributed by atoms with Gasteiger partial charge in [-0.2, -0.15) is 0 Å². The summed E-state index contributed by atoms with van der Waals surface area (Å²) in [6.45, 7) is 5.10. The van der Waals surface area contributed by atoms with Crippen LogP contribution in [0.25, 0.3) is 0 Å². The summed E-state index contributed by atoms with van der Waals surface area (Å²) in [5.74, 6) is 1.20. The molecule has 1 aliphatic heterocycles. The molecule has 0 spiro atoms. The van der Waals surface area contributed by atoms with Gasteiger partial charge in [-0.3, -0.25) is 9.59 Å². The molecule has 0 bridgehead atoms. The monoisotopic (exact) mass is 555 g/mol. The molecular weight excluding hydrogens is 517 g/mol. The molecule has 1 unspecified atom stereocenters. The van der Waals surface area contributed by atoms with Crippen LogP contribution in [0.5, 0.6) is 0 Å². The number of nitrogens with two attached hydrogens (primary N) is 1. The van der Waals surface area contributed by atoms with E-state index in [4.69, 9.17) is 10.7 Å². The Kier molecular flexibility index (Phi) is 11.3. The second kappa shape index (κ2) is 13.6. The van der Waals surface area contributed by atoms with E-state index in [0.717, 1.165) is 75.4 Å². The Hall–Kier alpha value is -1.84. The molecule has 0 radical (unpaired) electrons. The highest BCUT2D eigenvalue weighted by molar-refractivity contribution is 14.0. The van der Waals surface area contributed by atoms with Gasteiger partial charge in [0.05, 0.1) is 6.54 Å². The molecule has 178 valence electrons. The molecule has 2 amide bonds. The summed E-state index contributed by atoms with van der Waals surface area (Å²) in [7, 11) is 0. The van der Waals surface area contributed by atoms with Crippen LogP contribution in [0.15, 0.2) is 29.3 Å². The highest BCUT2D eigenvalue weighted by Gasteiger charge is 2.24. The highest BCUT2D eigenvalue weighted by atomic mass is 127. The molecule has 1 heterocycles. The van der Waals surface area contributed by atoms with Crippen molar-refractivity contribution in [1.29, 1.82) is 0 Å². The standard InChI is InChI=1S/C24H37N5O2.HI/c1-2-26-24(29-13-7-9-19(17-29)15-22(25)30)27-16-18-8-6-12-21(14-18)28-23(31)20-10-4-3-5-11-20;/h6,8,12,14,19-20H,2-5,7,9-11,13,15-17H2,1H3,(H2,25,30)(H,26,27)(H,28,31);1H. The van der Waals surface area contributed by atoms with Gasteiger partial charge >= 0.3 is 0 Å². The number of carbonyl (C=O) groups excluding carboxylic acids is 2. The quantitative estimate of drug-likeness (QED) is 0.270. The van der Waals surface area contributed by atoms with Crippen LogP contribution in [0.4, 0.5) is 5.69 Å². The first-order valence-corrected chi connectivity index (χ1v) is 11.8. The van der Waals surface area contributed by atoms with E-state index in [9.17, 15) is 9.59 Å². The zero-order valence-corrected chi connectivity index (χ0v) is 21.5. The van der Waals surface area contributed by atoms with Crippen molar-refractivity contribution in [2.45, 2.75) is 64.8 Å². The van der Waals surface area contributed by atoms with Crippen molar-refractivity contribution in [1.82, 2.24) is 10.2 Å². The van der Waals surface area contributed by atoms with E-state index >= 15 is 0 Å². The number of piperidine rings is 1. The maximum atomic E-state index is 12.6. The molecular formula is C24H38IN5O2. The number of amides is 2. The van der Waals surface area contributed by atoms with Crippen molar-refractivity contribution in [3.63, 3.8) is 0 Å². The van der Waals surface area contributed by atoms with Gasteiger partial charge in [-0.1, -0.05) is 31.4 Å². The largest absolute Gasteiger partial charge is 0.370 e. The Balaban J connectivity index is 0.00000363. The van der Waals surface area contributed by atoms with Gasteiger partial charge < -0.3 is 21.3 Å². The van der Waals surface area contributed by atoms with E-state index in [2.05, 4.69) is 22.5 Å². The van der Waals surface area contributed by atoms with Gasteiger partial charge in [0.2, 0.25) is 11.8 Å². The number of nitrogens with one attached hydrogen (secondary N) is 2. The number of benzene rings is 1. The number of primary amides is 1.